The number of rotatable bonds is 3. The molecular weight excluding hydrogens is 278 g/mol. The highest BCUT2D eigenvalue weighted by Gasteiger charge is 2.35. The van der Waals surface area contributed by atoms with Crippen LogP contribution in [0.2, 0.25) is 0 Å². The Morgan fingerprint density at radius 2 is 1.88 bits per heavy atom. The van der Waals surface area contributed by atoms with Gasteiger partial charge in [0.2, 0.25) is 5.91 Å². The Kier molecular flexibility index (Phi) is 3.87. The maximum atomic E-state index is 12.1. The quantitative estimate of drug-likeness (QED) is 0.906. The van der Waals surface area contributed by atoms with Crippen LogP contribution < -0.4 is 5.32 Å². The van der Waals surface area contributed by atoms with Gasteiger partial charge in [-0.3, -0.25) is 4.79 Å². The lowest BCUT2D eigenvalue weighted by Crippen LogP contribution is -2.36. The smallest absolute Gasteiger partial charge is 0.226 e. The van der Waals surface area contributed by atoms with Gasteiger partial charge in [0.15, 0.2) is 0 Å². The Balaban J connectivity index is 1.89. The molecule has 0 saturated heterocycles. The van der Waals surface area contributed by atoms with Gasteiger partial charge < -0.3 is 5.32 Å². The number of carbonyl (C=O) groups is 1. The summed E-state index contributed by atoms with van der Waals surface area (Å²) >= 11 is 3.40. The van der Waals surface area contributed by atoms with Gasteiger partial charge in [-0.25, -0.2) is 0 Å². The van der Waals surface area contributed by atoms with E-state index in [0.29, 0.717) is 6.54 Å². The Bertz CT molecular complexity index is 393. The van der Waals surface area contributed by atoms with E-state index in [4.69, 9.17) is 0 Å². The summed E-state index contributed by atoms with van der Waals surface area (Å²) < 4.78 is 1.07. The summed E-state index contributed by atoms with van der Waals surface area (Å²) in [5, 5.41) is 3.05. The molecule has 1 aliphatic rings. The first-order valence-corrected chi connectivity index (χ1v) is 6.92. The number of carbonyl (C=O) groups excluding carboxylic acids is 1. The van der Waals surface area contributed by atoms with Gasteiger partial charge in [0.1, 0.15) is 0 Å². The second kappa shape index (κ2) is 5.21. The molecular formula is C14H18BrNO. The number of nitrogens with one attached hydrogen (secondary N) is 1. The number of halogens is 1. The van der Waals surface area contributed by atoms with E-state index >= 15 is 0 Å². The molecule has 1 fully saturated rings. The lowest BCUT2D eigenvalue weighted by Gasteiger charge is -2.22. The normalized spacial score (nSPS) is 18.0. The molecule has 0 spiro atoms. The summed E-state index contributed by atoms with van der Waals surface area (Å²) in [6, 6.07) is 8.06. The van der Waals surface area contributed by atoms with E-state index in [1.165, 1.54) is 12.8 Å². The van der Waals surface area contributed by atoms with Crippen LogP contribution in [0.5, 0.6) is 0 Å². The molecule has 0 radical (unpaired) electrons. The van der Waals surface area contributed by atoms with Crippen molar-refractivity contribution in [3.05, 3.63) is 34.3 Å². The summed E-state index contributed by atoms with van der Waals surface area (Å²) in [5.74, 6) is 0.206. The predicted octanol–water partition coefficient (Wildman–Crippen LogP) is 3.65. The maximum Gasteiger partial charge on any atom is 0.226 e. The molecule has 1 aromatic rings. The standard InChI is InChI=1S/C14H18BrNO/c1-14(8-2-3-9-14)13(17)16-10-11-4-6-12(15)7-5-11/h4-7H,2-3,8-10H2,1H3,(H,16,17). The third-order valence-electron chi connectivity index (χ3n) is 3.62. The zero-order valence-corrected chi connectivity index (χ0v) is 11.7. The molecule has 0 unspecified atom stereocenters. The van der Waals surface area contributed by atoms with Gasteiger partial charge in [0.25, 0.3) is 0 Å². The van der Waals surface area contributed by atoms with E-state index in [1.807, 2.05) is 24.3 Å². The Morgan fingerprint density at radius 1 is 1.29 bits per heavy atom. The van der Waals surface area contributed by atoms with Crippen LogP contribution >= 0.6 is 15.9 Å². The average molecular weight is 296 g/mol. The van der Waals surface area contributed by atoms with Gasteiger partial charge in [0.05, 0.1) is 0 Å². The van der Waals surface area contributed by atoms with Crippen molar-refractivity contribution in [1.29, 1.82) is 0 Å². The first-order chi connectivity index (χ1) is 8.10. The van der Waals surface area contributed by atoms with E-state index < -0.39 is 0 Å². The second-order valence-electron chi connectivity index (χ2n) is 5.08. The first-order valence-electron chi connectivity index (χ1n) is 6.13. The van der Waals surface area contributed by atoms with E-state index in [1.54, 1.807) is 0 Å². The molecule has 0 aliphatic heterocycles. The molecule has 92 valence electrons. The predicted molar refractivity (Wildman–Crippen MR) is 72.6 cm³/mol. The molecule has 0 heterocycles. The van der Waals surface area contributed by atoms with Gasteiger partial charge in [-0.1, -0.05) is 47.8 Å². The van der Waals surface area contributed by atoms with Gasteiger partial charge in [-0.05, 0) is 30.5 Å². The number of amides is 1. The molecule has 1 amide bonds. The Labute approximate surface area is 111 Å². The van der Waals surface area contributed by atoms with Crippen molar-refractivity contribution in [3.63, 3.8) is 0 Å². The van der Waals surface area contributed by atoms with Gasteiger partial charge >= 0.3 is 0 Å². The minimum Gasteiger partial charge on any atom is -0.352 e. The Morgan fingerprint density at radius 3 is 2.47 bits per heavy atom. The largest absolute Gasteiger partial charge is 0.352 e. The van der Waals surface area contributed by atoms with Crippen LogP contribution in [-0.4, -0.2) is 5.91 Å². The van der Waals surface area contributed by atoms with Crippen LogP contribution in [0.4, 0.5) is 0 Å². The van der Waals surface area contributed by atoms with Crippen molar-refractivity contribution < 1.29 is 4.79 Å². The Hall–Kier alpha value is -0.830. The number of benzene rings is 1. The molecule has 1 N–H and O–H groups in total. The molecule has 2 nitrogen and oxygen atoms in total. The molecule has 1 aromatic carbocycles. The summed E-state index contributed by atoms with van der Waals surface area (Å²) in [7, 11) is 0. The van der Waals surface area contributed by atoms with Gasteiger partial charge in [0, 0.05) is 16.4 Å². The van der Waals surface area contributed by atoms with E-state index in [0.717, 1.165) is 22.9 Å². The summed E-state index contributed by atoms with van der Waals surface area (Å²) in [6.45, 7) is 2.71. The first kappa shape index (κ1) is 12.6. The van der Waals surface area contributed by atoms with E-state index in [-0.39, 0.29) is 11.3 Å². The molecule has 1 saturated carbocycles. The van der Waals surface area contributed by atoms with Crippen LogP contribution in [0.25, 0.3) is 0 Å². The fourth-order valence-corrected chi connectivity index (χ4v) is 2.64. The zero-order chi connectivity index (χ0) is 12.3. The third kappa shape index (κ3) is 3.09. The summed E-state index contributed by atoms with van der Waals surface area (Å²) in [6.07, 6.45) is 4.42. The minimum absolute atomic E-state index is 0.130. The van der Waals surface area contributed by atoms with Crippen LogP contribution in [0.15, 0.2) is 28.7 Å². The summed E-state index contributed by atoms with van der Waals surface area (Å²) in [5.41, 5.74) is 1.01. The van der Waals surface area contributed by atoms with Crippen LogP contribution in [0.1, 0.15) is 38.2 Å². The SMILES string of the molecule is CC1(C(=O)NCc2ccc(Br)cc2)CCCC1. The van der Waals surface area contributed by atoms with Crippen molar-refractivity contribution in [2.24, 2.45) is 5.41 Å². The van der Waals surface area contributed by atoms with Crippen LogP contribution in [-0.2, 0) is 11.3 Å². The van der Waals surface area contributed by atoms with Gasteiger partial charge in [-0.15, -0.1) is 0 Å². The monoisotopic (exact) mass is 295 g/mol. The molecule has 17 heavy (non-hydrogen) atoms. The highest BCUT2D eigenvalue weighted by atomic mass is 79.9. The fraction of sp³-hybridized carbons (Fsp3) is 0.500. The average Bonchev–Trinajstić information content (AvgIpc) is 2.76. The molecule has 2 rings (SSSR count). The molecule has 3 heteroatoms. The highest BCUT2D eigenvalue weighted by molar-refractivity contribution is 9.10. The van der Waals surface area contributed by atoms with E-state index in [2.05, 4.69) is 28.2 Å². The molecule has 0 bridgehead atoms. The molecule has 0 atom stereocenters. The highest BCUT2D eigenvalue weighted by Crippen LogP contribution is 2.37. The van der Waals surface area contributed by atoms with Crippen LogP contribution in [0.3, 0.4) is 0 Å². The zero-order valence-electron chi connectivity index (χ0n) is 10.1. The molecule has 0 aromatic heterocycles. The number of hydrogen-bond acceptors (Lipinski definition) is 1. The fourth-order valence-electron chi connectivity index (χ4n) is 2.38. The second-order valence-corrected chi connectivity index (χ2v) is 5.99. The third-order valence-corrected chi connectivity index (χ3v) is 4.15. The molecule has 1 aliphatic carbocycles. The lowest BCUT2D eigenvalue weighted by molar-refractivity contribution is -0.130. The minimum atomic E-state index is -0.130. The summed E-state index contributed by atoms with van der Waals surface area (Å²) in [4.78, 5) is 12.1. The van der Waals surface area contributed by atoms with E-state index in [9.17, 15) is 4.79 Å². The number of hydrogen-bond donors (Lipinski definition) is 1. The van der Waals surface area contributed by atoms with Crippen molar-refractivity contribution in [2.75, 3.05) is 0 Å². The maximum absolute atomic E-state index is 12.1. The van der Waals surface area contributed by atoms with Crippen LogP contribution in [0, 0.1) is 5.41 Å². The van der Waals surface area contributed by atoms with Crippen molar-refractivity contribution >= 4 is 21.8 Å². The van der Waals surface area contributed by atoms with Crippen molar-refractivity contribution in [3.8, 4) is 0 Å². The van der Waals surface area contributed by atoms with Crippen molar-refractivity contribution in [1.82, 2.24) is 5.32 Å². The van der Waals surface area contributed by atoms with Crippen molar-refractivity contribution in [2.45, 2.75) is 39.2 Å². The lowest BCUT2D eigenvalue weighted by atomic mass is 9.88. The topological polar surface area (TPSA) is 29.1 Å². The van der Waals surface area contributed by atoms with Gasteiger partial charge in [-0.2, -0.15) is 0 Å².